The highest BCUT2D eigenvalue weighted by Crippen LogP contribution is 2.28. The molecule has 0 saturated heterocycles. The Balaban J connectivity index is 1.87. The van der Waals surface area contributed by atoms with Crippen molar-refractivity contribution >= 4 is 0 Å². The molecule has 4 heteroatoms. The molecule has 1 N–H and O–H groups in total. The smallest absolute Gasteiger partial charge is 0.0593 e. The molecule has 1 rings (SSSR count). The monoisotopic (exact) mass is 272 g/mol. The summed E-state index contributed by atoms with van der Waals surface area (Å²) in [5.74, 6) is 0.870. The van der Waals surface area contributed by atoms with Gasteiger partial charge in [-0.15, -0.1) is 0 Å². The van der Waals surface area contributed by atoms with Gasteiger partial charge in [0.2, 0.25) is 0 Å². The summed E-state index contributed by atoms with van der Waals surface area (Å²) in [6.07, 6.45) is 3.84. The van der Waals surface area contributed by atoms with Gasteiger partial charge in [-0.05, 0) is 52.6 Å². The van der Waals surface area contributed by atoms with E-state index in [9.17, 15) is 0 Å². The van der Waals surface area contributed by atoms with E-state index >= 15 is 0 Å². The Kier molecular flexibility index (Phi) is 9.43. The Morgan fingerprint density at radius 1 is 1.26 bits per heavy atom. The molecular formula is C15H32N2O2. The van der Waals surface area contributed by atoms with Crippen LogP contribution >= 0.6 is 0 Å². The van der Waals surface area contributed by atoms with Crippen molar-refractivity contribution in [2.24, 2.45) is 5.92 Å². The lowest BCUT2D eigenvalue weighted by Gasteiger charge is -2.25. The maximum Gasteiger partial charge on any atom is 0.0593 e. The van der Waals surface area contributed by atoms with Gasteiger partial charge in [-0.2, -0.15) is 0 Å². The van der Waals surface area contributed by atoms with Gasteiger partial charge in [-0.3, -0.25) is 0 Å². The maximum atomic E-state index is 5.67. The normalized spacial score (nSPS) is 17.1. The molecule has 1 aliphatic rings. The second-order valence-corrected chi connectivity index (χ2v) is 5.60. The number of hydrogen-bond acceptors (Lipinski definition) is 4. The quantitative estimate of drug-likeness (QED) is 0.518. The molecule has 1 saturated carbocycles. The minimum atomic E-state index is 0.552. The Morgan fingerprint density at radius 3 is 2.74 bits per heavy atom. The molecule has 1 unspecified atom stereocenters. The first-order valence-electron chi connectivity index (χ1n) is 7.80. The van der Waals surface area contributed by atoms with Crippen LogP contribution in [-0.4, -0.2) is 64.1 Å². The van der Waals surface area contributed by atoms with Crippen LogP contribution in [0.5, 0.6) is 0 Å². The van der Waals surface area contributed by atoms with Gasteiger partial charge < -0.3 is 19.7 Å². The number of likely N-dealkylation sites (N-methyl/N-ethyl adjacent to an activating group) is 1. The maximum absolute atomic E-state index is 5.67. The second-order valence-electron chi connectivity index (χ2n) is 5.60. The van der Waals surface area contributed by atoms with E-state index in [1.807, 2.05) is 6.92 Å². The zero-order valence-corrected chi connectivity index (χ0v) is 13.0. The van der Waals surface area contributed by atoms with E-state index in [-0.39, 0.29) is 0 Å². The van der Waals surface area contributed by atoms with Gasteiger partial charge in [0, 0.05) is 39.0 Å². The molecule has 1 aliphatic carbocycles. The zero-order chi connectivity index (χ0) is 13.9. The molecular weight excluding hydrogens is 240 g/mol. The van der Waals surface area contributed by atoms with Crippen molar-refractivity contribution in [3.8, 4) is 0 Å². The molecule has 0 aliphatic heterocycles. The molecule has 4 nitrogen and oxygen atoms in total. The van der Waals surface area contributed by atoms with E-state index in [1.165, 1.54) is 12.8 Å². The Bertz CT molecular complexity index is 210. The van der Waals surface area contributed by atoms with E-state index < -0.39 is 0 Å². The van der Waals surface area contributed by atoms with Crippen LogP contribution in [0.4, 0.5) is 0 Å². The van der Waals surface area contributed by atoms with E-state index in [2.05, 4.69) is 24.2 Å². The van der Waals surface area contributed by atoms with E-state index in [0.717, 1.165) is 58.4 Å². The lowest BCUT2D eigenvalue weighted by atomic mass is 10.3. The highest BCUT2D eigenvalue weighted by molar-refractivity contribution is 4.72. The van der Waals surface area contributed by atoms with Crippen LogP contribution in [0.1, 0.15) is 33.1 Å². The molecule has 0 bridgehead atoms. The summed E-state index contributed by atoms with van der Waals surface area (Å²) < 4.78 is 11.0. The number of ether oxygens (including phenoxy) is 2. The highest BCUT2D eigenvalue weighted by Gasteiger charge is 2.21. The summed E-state index contributed by atoms with van der Waals surface area (Å²) in [7, 11) is 2.17. The first-order valence-corrected chi connectivity index (χ1v) is 7.80. The van der Waals surface area contributed by atoms with E-state index in [0.29, 0.717) is 6.04 Å². The van der Waals surface area contributed by atoms with Crippen molar-refractivity contribution in [3.05, 3.63) is 0 Å². The van der Waals surface area contributed by atoms with Gasteiger partial charge in [-0.1, -0.05) is 0 Å². The first-order chi connectivity index (χ1) is 9.24. The standard InChI is InChI=1S/C15H32N2O2/c1-4-18-10-5-8-16-12-14(2)17(3)9-11-19-13-15-6-7-15/h14-16H,4-13H2,1-3H3. The summed E-state index contributed by atoms with van der Waals surface area (Å²) in [6, 6.07) is 0.552. The summed E-state index contributed by atoms with van der Waals surface area (Å²) in [6.45, 7) is 10.9. The SMILES string of the molecule is CCOCCCNCC(C)N(C)CCOCC1CC1. The molecule has 19 heavy (non-hydrogen) atoms. The Labute approximate surface area is 118 Å². The minimum absolute atomic E-state index is 0.552. The first kappa shape index (κ1) is 16.9. The fraction of sp³-hybridized carbons (Fsp3) is 1.00. The van der Waals surface area contributed by atoms with Gasteiger partial charge in [0.25, 0.3) is 0 Å². The van der Waals surface area contributed by atoms with Crippen molar-refractivity contribution in [1.29, 1.82) is 0 Å². The minimum Gasteiger partial charge on any atom is -0.382 e. The number of nitrogens with zero attached hydrogens (tertiary/aromatic N) is 1. The summed E-state index contributed by atoms with van der Waals surface area (Å²) in [4.78, 5) is 2.36. The van der Waals surface area contributed by atoms with Crippen molar-refractivity contribution in [1.82, 2.24) is 10.2 Å². The van der Waals surface area contributed by atoms with Gasteiger partial charge in [0.05, 0.1) is 6.61 Å². The zero-order valence-electron chi connectivity index (χ0n) is 13.0. The van der Waals surface area contributed by atoms with Crippen LogP contribution < -0.4 is 5.32 Å². The second kappa shape index (κ2) is 10.6. The summed E-state index contributed by atoms with van der Waals surface area (Å²) in [5.41, 5.74) is 0. The molecule has 0 aromatic carbocycles. The number of nitrogens with one attached hydrogen (secondary N) is 1. The topological polar surface area (TPSA) is 33.7 Å². The van der Waals surface area contributed by atoms with Crippen molar-refractivity contribution < 1.29 is 9.47 Å². The van der Waals surface area contributed by atoms with Crippen LogP contribution in [0.3, 0.4) is 0 Å². The predicted octanol–water partition coefficient (Wildman–Crippen LogP) is 1.75. The molecule has 1 atom stereocenters. The van der Waals surface area contributed by atoms with Gasteiger partial charge >= 0.3 is 0 Å². The van der Waals surface area contributed by atoms with Gasteiger partial charge in [-0.25, -0.2) is 0 Å². The summed E-state index contributed by atoms with van der Waals surface area (Å²) >= 11 is 0. The van der Waals surface area contributed by atoms with Crippen LogP contribution in [0.2, 0.25) is 0 Å². The van der Waals surface area contributed by atoms with Crippen LogP contribution in [0.15, 0.2) is 0 Å². The van der Waals surface area contributed by atoms with Gasteiger partial charge in [0.1, 0.15) is 0 Å². The number of rotatable bonds is 13. The van der Waals surface area contributed by atoms with E-state index in [1.54, 1.807) is 0 Å². The van der Waals surface area contributed by atoms with Crippen LogP contribution in [0, 0.1) is 5.92 Å². The predicted molar refractivity (Wildman–Crippen MR) is 79.6 cm³/mol. The fourth-order valence-corrected chi connectivity index (χ4v) is 1.87. The Hall–Kier alpha value is -0.160. The average molecular weight is 272 g/mol. The van der Waals surface area contributed by atoms with Crippen LogP contribution in [-0.2, 0) is 9.47 Å². The van der Waals surface area contributed by atoms with Crippen molar-refractivity contribution in [2.75, 3.05) is 53.1 Å². The molecule has 0 spiro atoms. The third-order valence-corrected chi connectivity index (χ3v) is 3.68. The molecule has 114 valence electrons. The molecule has 1 fully saturated rings. The van der Waals surface area contributed by atoms with Crippen LogP contribution in [0.25, 0.3) is 0 Å². The molecule has 0 aromatic rings. The molecule has 0 aromatic heterocycles. The molecule has 0 radical (unpaired) electrons. The molecule has 0 heterocycles. The number of hydrogen-bond donors (Lipinski definition) is 1. The van der Waals surface area contributed by atoms with Gasteiger partial charge in [0.15, 0.2) is 0 Å². The van der Waals surface area contributed by atoms with Crippen molar-refractivity contribution in [3.63, 3.8) is 0 Å². The molecule has 0 amide bonds. The van der Waals surface area contributed by atoms with Crippen molar-refractivity contribution in [2.45, 2.75) is 39.2 Å². The average Bonchev–Trinajstić information content (AvgIpc) is 3.22. The summed E-state index contributed by atoms with van der Waals surface area (Å²) in [5, 5.41) is 3.48. The highest BCUT2D eigenvalue weighted by atomic mass is 16.5. The third kappa shape index (κ3) is 9.38. The third-order valence-electron chi connectivity index (χ3n) is 3.68. The lowest BCUT2D eigenvalue weighted by molar-refractivity contribution is 0.0932. The lowest BCUT2D eigenvalue weighted by Crippen LogP contribution is -2.40. The fourth-order valence-electron chi connectivity index (χ4n) is 1.87. The Morgan fingerprint density at radius 2 is 2.05 bits per heavy atom. The van der Waals surface area contributed by atoms with E-state index in [4.69, 9.17) is 9.47 Å². The largest absolute Gasteiger partial charge is 0.382 e.